The number of rotatable bonds is 6. The summed E-state index contributed by atoms with van der Waals surface area (Å²) < 4.78 is 0. The van der Waals surface area contributed by atoms with Gasteiger partial charge in [0.15, 0.2) is 0 Å². The molecule has 1 aromatic carbocycles. The van der Waals surface area contributed by atoms with E-state index in [-0.39, 0.29) is 11.9 Å². The predicted octanol–water partition coefficient (Wildman–Crippen LogP) is 3.33. The van der Waals surface area contributed by atoms with Gasteiger partial charge in [0.1, 0.15) is 0 Å². The second-order valence-corrected chi connectivity index (χ2v) is 6.87. The largest absolute Gasteiger partial charge is 0.354 e. The lowest BCUT2D eigenvalue weighted by Crippen LogP contribution is -2.34. The second-order valence-electron chi connectivity index (χ2n) is 5.89. The molecule has 1 amide bonds. The lowest BCUT2D eigenvalue weighted by atomic mass is 10.0. The van der Waals surface area contributed by atoms with Gasteiger partial charge in [-0.1, -0.05) is 24.3 Å². The Balaban J connectivity index is 1.92. The zero-order valence-corrected chi connectivity index (χ0v) is 14.5. The number of aryl methyl sites for hydroxylation is 2. The molecule has 0 aliphatic heterocycles. The Kier molecular flexibility index (Phi) is 5.75. The molecule has 0 aliphatic rings. The summed E-state index contributed by atoms with van der Waals surface area (Å²) in [6, 6.07) is 10.6. The maximum absolute atomic E-state index is 12.2. The molecule has 0 radical (unpaired) electrons. The summed E-state index contributed by atoms with van der Waals surface area (Å²) in [7, 11) is 4.08. The maximum Gasteiger partial charge on any atom is 0.224 e. The molecule has 0 fully saturated rings. The Bertz CT molecular complexity index is 620. The number of nitrogens with one attached hydrogen (secondary N) is 1. The summed E-state index contributed by atoms with van der Waals surface area (Å²) >= 11 is 1.73. The molecule has 0 spiro atoms. The van der Waals surface area contributed by atoms with E-state index in [0.29, 0.717) is 13.0 Å². The van der Waals surface area contributed by atoms with E-state index < -0.39 is 0 Å². The topological polar surface area (TPSA) is 32.3 Å². The molecule has 3 nitrogen and oxygen atoms in total. The van der Waals surface area contributed by atoms with Crippen molar-refractivity contribution in [2.75, 3.05) is 20.6 Å². The third-order valence-electron chi connectivity index (χ3n) is 3.92. The van der Waals surface area contributed by atoms with Crippen LogP contribution in [-0.4, -0.2) is 31.4 Å². The van der Waals surface area contributed by atoms with Crippen LogP contribution in [0.1, 0.15) is 27.6 Å². The van der Waals surface area contributed by atoms with Gasteiger partial charge in [-0.2, -0.15) is 0 Å². The smallest absolute Gasteiger partial charge is 0.224 e. The fourth-order valence-corrected chi connectivity index (χ4v) is 3.31. The quantitative estimate of drug-likeness (QED) is 0.886. The summed E-state index contributed by atoms with van der Waals surface area (Å²) in [6.45, 7) is 4.80. The second kappa shape index (κ2) is 7.56. The van der Waals surface area contributed by atoms with Gasteiger partial charge in [0.05, 0.1) is 12.5 Å². The van der Waals surface area contributed by atoms with Crippen molar-refractivity contribution in [3.05, 3.63) is 57.3 Å². The Morgan fingerprint density at radius 1 is 1.23 bits per heavy atom. The van der Waals surface area contributed by atoms with E-state index >= 15 is 0 Å². The van der Waals surface area contributed by atoms with Crippen molar-refractivity contribution in [3.8, 4) is 0 Å². The van der Waals surface area contributed by atoms with E-state index in [1.165, 1.54) is 16.0 Å². The molecule has 2 rings (SSSR count). The Morgan fingerprint density at radius 2 is 2.00 bits per heavy atom. The molecule has 1 heterocycles. The summed E-state index contributed by atoms with van der Waals surface area (Å²) in [6.07, 6.45) is 0.436. The number of nitrogens with zero attached hydrogens (tertiary/aromatic N) is 1. The SMILES string of the molecule is Cc1ccc(CC(=O)NCC(c2cccs2)N(C)C)cc1C. The van der Waals surface area contributed by atoms with Gasteiger partial charge in [-0.3, -0.25) is 4.79 Å². The van der Waals surface area contributed by atoms with Crippen LogP contribution in [0.4, 0.5) is 0 Å². The van der Waals surface area contributed by atoms with Crippen molar-refractivity contribution in [1.82, 2.24) is 10.2 Å². The number of thiophene rings is 1. The number of carbonyl (C=O) groups is 1. The van der Waals surface area contributed by atoms with E-state index in [0.717, 1.165) is 5.56 Å². The first-order valence-electron chi connectivity index (χ1n) is 7.50. The summed E-state index contributed by atoms with van der Waals surface area (Å²) in [5.74, 6) is 0.0756. The molecule has 2 aromatic rings. The van der Waals surface area contributed by atoms with Gasteiger partial charge in [-0.15, -0.1) is 11.3 Å². The third kappa shape index (κ3) is 4.42. The van der Waals surface area contributed by atoms with Crippen molar-refractivity contribution < 1.29 is 4.79 Å². The first kappa shape index (κ1) is 16.7. The zero-order chi connectivity index (χ0) is 16.1. The molecule has 0 aliphatic carbocycles. The zero-order valence-electron chi connectivity index (χ0n) is 13.7. The molecule has 1 atom stereocenters. The third-order valence-corrected chi connectivity index (χ3v) is 4.90. The average Bonchev–Trinajstić information content (AvgIpc) is 2.97. The first-order valence-corrected chi connectivity index (χ1v) is 8.38. The van der Waals surface area contributed by atoms with Crippen molar-refractivity contribution in [2.45, 2.75) is 26.3 Å². The minimum Gasteiger partial charge on any atom is -0.354 e. The molecule has 0 bridgehead atoms. The Labute approximate surface area is 137 Å². The van der Waals surface area contributed by atoms with Gasteiger partial charge < -0.3 is 10.2 Å². The number of amides is 1. The van der Waals surface area contributed by atoms with Gasteiger partial charge in [0.2, 0.25) is 5.91 Å². The molecule has 118 valence electrons. The van der Waals surface area contributed by atoms with E-state index in [1.54, 1.807) is 11.3 Å². The van der Waals surface area contributed by atoms with E-state index in [1.807, 2.05) is 26.2 Å². The average molecular weight is 316 g/mol. The van der Waals surface area contributed by atoms with Crippen LogP contribution in [-0.2, 0) is 11.2 Å². The van der Waals surface area contributed by atoms with E-state index in [2.05, 4.69) is 47.6 Å². The first-order chi connectivity index (χ1) is 10.5. The van der Waals surface area contributed by atoms with Gasteiger partial charge in [-0.25, -0.2) is 0 Å². The number of hydrogen-bond acceptors (Lipinski definition) is 3. The van der Waals surface area contributed by atoms with Gasteiger partial charge in [0.25, 0.3) is 0 Å². The predicted molar refractivity (Wildman–Crippen MR) is 93.4 cm³/mol. The van der Waals surface area contributed by atoms with Crippen molar-refractivity contribution in [1.29, 1.82) is 0 Å². The normalized spacial score (nSPS) is 12.4. The highest BCUT2D eigenvalue weighted by atomic mass is 32.1. The fourth-order valence-electron chi connectivity index (χ4n) is 2.39. The highest BCUT2D eigenvalue weighted by Gasteiger charge is 2.16. The molecule has 1 unspecified atom stereocenters. The summed E-state index contributed by atoms with van der Waals surface area (Å²) in [5, 5.41) is 5.13. The molecule has 4 heteroatoms. The molecule has 22 heavy (non-hydrogen) atoms. The van der Waals surface area contributed by atoms with Crippen molar-refractivity contribution >= 4 is 17.2 Å². The van der Waals surface area contributed by atoms with Crippen molar-refractivity contribution in [2.24, 2.45) is 0 Å². The number of hydrogen-bond donors (Lipinski definition) is 1. The highest BCUT2D eigenvalue weighted by molar-refractivity contribution is 7.10. The van der Waals surface area contributed by atoms with E-state index in [4.69, 9.17) is 0 Å². The minimum atomic E-state index is 0.0756. The summed E-state index contributed by atoms with van der Waals surface area (Å²) in [5.41, 5.74) is 3.56. The van der Waals surface area contributed by atoms with Crippen LogP contribution in [0.2, 0.25) is 0 Å². The molecular weight excluding hydrogens is 292 g/mol. The molecular formula is C18H24N2OS. The number of benzene rings is 1. The van der Waals surface area contributed by atoms with Gasteiger partial charge in [-0.05, 0) is 56.1 Å². The monoisotopic (exact) mass is 316 g/mol. The standard InChI is InChI=1S/C18H24N2OS/c1-13-7-8-15(10-14(13)2)11-18(21)19-12-16(20(3)4)17-6-5-9-22-17/h5-10,16H,11-12H2,1-4H3,(H,19,21). The maximum atomic E-state index is 12.2. The fraction of sp³-hybridized carbons (Fsp3) is 0.389. The lowest BCUT2D eigenvalue weighted by Gasteiger charge is -2.23. The Hall–Kier alpha value is -1.65. The summed E-state index contributed by atoms with van der Waals surface area (Å²) in [4.78, 5) is 15.6. The lowest BCUT2D eigenvalue weighted by molar-refractivity contribution is -0.120. The molecule has 1 aromatic heterocycles. The minimum absolute atomic E-state index is 0.0756. The number of carbonyl (C=O) groups excluding carboxylic acids is 1. The number of likely N-dealkylation sites (N-methyl/N-ethyl adjacent to an activating group) is 1. The van der Waals surface area contributed by atoms with Crippen LogP contribution in [0.15, 0.2) is 35.7 Å². The van der Waals surface area contributed by atoms with Crippen LogP contribution in [0.3, 0.4) is 0 Å². The van der Waals surface area contributed by atoms with E-state index in [9.17, 15) is 4.79 Å². The Morgan fingerprint density at radius 3 is 2.59 bits per heavy atom. The molecule has 0 saturated heterocycles. The van der Waals surface area contributed by atoms with Gasteiger partial charge >= 0.3 is 0 Å². The van der Waals surface area contributed by atoms with Crippen LogP contribution < -0.4 is 5.32 Å². The van der Waals surface area contributed by atoms with Crippen LogP contribution in [0, 0.1) is 13.8 Å². The van der Waals surface area contributed by atoms with Crippen LogP contribution in [0.5, 0.6) is 0 Å². The van der Waals surface area contributed by atoms with Crippen LogP contribution >= 0.6 is 11.3 Å². The molecule has 1 N–H and O–H groups in total. The molecule has 0 saturated carbocycles. The van der Waals surface area contributed by atoms with Gasteiger partial charge in [0, 0.05) is 11.4 Å². The van der Waals surface area contributed by atoms with Crippen LogP contribution in [0.25, 0.3) is 0 Å². The highest BCUT2D eigenvalue weighted by Crippen LogP contribution is 2.22. The van der Waals surface area contributed by atoms with Crippen molar-refractivity contribution in [3.63, 3.8) is 0 Å².